The smallest absolute Gasteiger partial charge is 0.299 e. The number of nitrogens with zero attached hydrogens (tertiary/aromatic N) is 2. The van der Waals surface area contributed by atoms with Gasteiger partial charge in [-0.3, -0.25) is 9.59 Å². The van der Waals surface area contributed by atoms with Crippen LogP contribution in [-0.2, 0) is 11.3 Å². The number of benzene rings is 3. The summed E-state index contributed by atoms with van der Waals surface area (Å²) < 4.78 is 13.2. The molecule has 3 aromatic carbocycles. The van der Waals surface area contributed by atoms with Gasteiger partial charge in [-0.2, -0.15) is 0 Å². The molecule has 4 rings (SSSR count). The molecule has 5 nitrogen and oxygen atoms in total. The molecule has 2 N–H and O–H groups in total. The number of anilines is 2. The first-order chi connectivity index (χ1) is 15.4. The summed E-state index contributed by atoms with van der Waals surface area (Å²) in [5.74, 6) is -1.48. The highest BCUT2D eigenvalue weighted by molar-refractivity contribution is 6.53. The van der Waals surface area contributed by atoms with Crippen LogP contribution in [0, 0.1) is 5.82 Å². The summed E-state index contributed by atoms with van der Waals surface area (Å²) in [6.45, 7) is 5.79. The zero-order chi connectivity index (χ0) is 22.8. The molecule has 1 aliphatic heterocycles. The Morgan fingerprint density at radius 1 is 1.06 bits per heavy atom. The highest BCUT2D eigenvalue weighted by Gasteiger charge is 2.37. The predicted octanol–water partition coefficient (Wildman–Crippen LogP) is 4.99. The SMILES string of the molecule is C=CN(/C=C(/C)N)c1ccc(-c2cccc3c2C(=O)C(=O)N3Cc2ccc(F)cc2)cc1. The molecule has 0 unspecified atom stereocenters. The highest BCUT2D eigenvalue weighted by Crippen LogP contribution is 2.38. The number of halogens is 1. The number of nitrogens with two attached hydrogens (primary N) is 1. The van der Waals surface area contributed by atoms with Gasteiger partial charge in [0.05, 0.1) is 17.8 Å². The van der Waals surface area contributed by atoms with Crippen molar-refractivity contribution in [2.24, 2.45) is 5.73 Å². The summed E-state index contributed by atoms with van der Waals surface area (Å²) >= 11 is 0. The predicted molar refractivity (Wildman–Crippen MR) is 124 cm³/mol. The Balaban J connectivity index is 1.70. The monoisotopic (exact) mass is 427 g/mol. The maximum Gasteiger partial charge on any atom is 0.299 e. The molecule has 1 aliphatic rings. The lowest BCUT2D eigenvalue weighted by molar-refractivity contribution is -0.114. The molecular formula is C26H22FN3O2. The van der Waals surface area contributed by atoms with Crippen LogP contribution in [0.25, 0.3) is 11.1 Å². The Labute approximate surface area is 185 Å². The number of allylic oxidation sites excluding steroid dienone is 1. The van der Waals surface area contributed by atoms with E-state index in [1.807, 2.05) is 36.4 Å². The van der Waals surface area contributed by atoms with Crippen molar-refractivity contribution in [3.8, 4) is 11.1 Å². The van der Waals surface area contributed by atoms with E-state index < -0.39 is 11.7 Å². The van der Waals surface area contributed by atoms with Crippen LogP contribution in [0.3, 0.4) is 0 Å². The van der Waals surface area contributed by atoms with Crippen molar-refractivity contribution in [3.63, 3.8) is 0 Å². The van der Waals surface area contributed by atoms with Crippen molar-refractivity contribution in [2.75, 3.05) is 9.80 Å². The molecule has 0 aromatic heterocycles. The van der Waals surface area contributed by atoms with Crippen molar-refractivity contribution >= 4 is 23.1 Å². The van der Waals surface area contributed by atoms with Gasteiger partial charge >= 0.3 is 0 Å². The van der Waals surface area contributed by atoms with Crippen LogP contribution in [0.15, 0.2) is 91.4 Å². The van der Waals surface area contributed by atoms with Crippen molar-refractivity contribution in [3.05, 3.63) is 108 Å². The number of amides is 1. The average Bonchev–Trinajstić information content (AvgIpc) is 3.04. The largest absolute Gasteiger partial charge is 0.401 e. The molecule has 160 valence electrons. The second kappa shape index (κ2) is 8.51. The zero-order valence-electron chi connectivity index (χ0n) is 17.6. The molecule has 6 heteroatoms. The summed E-state index contributed by atoms with van der Waals surface area (Å²) in [7, 11) is 0. The summed E-state index contributed by atoms with van der Waals surface area (Å²) in [4.78, 5) is 28.9. The molecule has 1 heterocycles. The number of hydrogen-bond acceptors (Lipinski definition) is 4. The third-order valence-electron chi connectivity index (χ3n) is 5.27. The van der Waals surface area contributed by atoms with Gasteiger partial charge in [-0.25, -0.2) is 4.39 Å². The van der Waals surface area contributed by atoms with E-state index in [9.17, 15) is 14.0 Å². The van der Waals surface area contributed by atoms with Gasteiger partial charge < -0.3 is 15.5 Å². The van der Waals surface area contributed by atoms with E-state index >= 15 is 0 Å². The number of rotatable bonds is 6. The molecular weight excluding hydrogens is 405 g/mol. The number of carbonyl (C=O) groups excluding carboxylic acids is 2. The van der Waals surface area contributed by atoms with E-state index in [4.69, 9.17) is 5.73 Å². The Morgan fingerprint density at radius 2 is 1.75 bits per heavy atom. The average molecular weight is 427 g/mol. The minimum Gasteiger partial charge on any atom is -0.401 e. The maximum atomic E-state index is 13.2. The highest BCUT2D eigenvalue weighted by atomic mass is 19.1. The first-order valence-electron chi connectivity index (χ1n) is 10.1. The molecule has 1 amide bonds. The fourth-order valence-electron chi connectivity index (χ4n) is 3.78. The summed E-state index contributed by atoms with van der Waals surface area (Å²) in [5, 5.41) is 0. The van der Waals surface area contributed by atoms with Gasteiger partial charge in [0.25, 0.3) is 11.7 Å². The first-order valence-corrected chi connectivity index (χ1v) is 10.1. The maximum absolute atomic E-state index is 13.2. The molecule has 3 aromatic rings. The van der Waals surface area contributed by atoms with Gasteiger partial charge in [-0.05, 0) is 53.9 Å². The van der Waals surface area contributed by atoms with Crippen LogP contribution in [0.2, 0.25) is 0 Å². The zero-order valence-corrected chi connectivity index (χ0v) is 17.6. The molecule has 0 radical (unpaired) electrons. The van der Waals surface area contributed by atoms with Crippen molar-refractivity contribution in [1.82, 2.24) is 0 Å². The number of ketones is 1. The number of fused-ring (bicyclic) bond motifs is 1. The minimum absolute atomic E-state index is 0.194. The van der Waals surface area contributed by atoms with Crippen LogP contribution in [0.1, 0.15) is 22.8 Å². The van der Waals surface area contributed by atoms with Crippen LogP contribution in [0.4, 0.5) is 15.8 Å². The van der Waals surface area contributed by atoms with E-state index in [1.165, 1.54) is 17.0 Å². The Kier molecular flexibility index (Phi) is 5.60. The van der Waals surface area contributed by atoms with Crippen LogP contribution >= 0.6 is 0 Å². The number of hydrogen-bond donors (Lipinski definition) is 1. The molecule has 0 spiro atoms. The van der Waals surface area contributed by atoms with E-state index in [2.05, 4.69) is 6.58 Å². The van der Waals surface area contributed by atoms with Gasteiger partial charge in [-0.15, -0.1) is 0 Å². The van der Waals surface area contributed by atoms with E-state index in [0.717, 1.165) is 16.8 Å². The fraction of sp³-hybridized carbons (Fsp3) is 0.0769. The Morgan fingerprint density at radius 3 is 2.38 bits per heavy atom. The van der Waals surface area contributed by atoms with E-state index in [1.54, 1.807) is 42.4 Å². The fourth-order valence-corrected chi connectivity index (χ4v) is 3.78. The van der Waals surface area contributed by atoms with Gasteiger partial charge in [0.15, 0.2) is 0 Å². The van der Waals surface area contributed by atoms with Gasteiger partial charge in [0.1, 0.15) is 5.82 Å². The van der Waals surface area contributed by atoms with E-state index in [0.29, 0.717) is 22.5 Å². The second-order valence-electron chi connectivity index (χ2n) is 7.56. The standard InChI is InChI=1S/C26H22FN3O2/c1-3-29(15-17(2)28)21-13-9-19(10-14-21)22-5-4-6-23-24(22)25(31)26(32)30(23)16-18-7-11-20(27)12-8-18/h3-15H,1,16,28H2,2H3/b17-15-. The normalized spacial score (nSPS) is 13.3. The third-order valence-corrected chi connectivity index (χ3v) is 5.27. The van der Waals surface area contributed by atoms with Crippen molar-refractivity contribution in [1.29, 1.82) is 0 Å². The van der Waals surface area contributed by atoms with Gasteiger partial charge in [-0.1, -0.05) is 43.0 Å². The third kappa shape index (κ3) is 3.90. The molecule has 0 fully saturated rings. The number of carbonyl (C=O) groups is 2. The topological polar surface area (TPSA) is 66.6 Å². The van der Waals surface area contributed by atoms with Crippen molar-refractivity contribution < 1.29 is 14.0 Å². The molecule has 32 heavy (non-hydrogen) atoms. The number of Topliss-reactive ketones (excluding diaryl/α,β-unsaturated/α-hetero) is 1. The Bertz CT molecular complexity index is 1230. The molecule has 0 atom stereocenters. The minimum atomic E-state index is -0.588. The van der Waals surface area contributed by atoms with Gasteiger partial charge in [0.2, 0.25) is 0 Å². The van der Waals surface area contributed by atoms with Crippen molar-refractivity contribution in [2.45, 2.75) is 13.5 Å². The lowest BCUT2D eigenvalue weighted by Gasteiger charge is -2.18. The lowest BCUT2D eigenvalue weighted by atomic mass is 9.97. The van der Waals surface area contributed by atoms with Gasteiger partial charge in [0, 0.05) is 23.8 Å². The van der Waals surface area contributed by atoms with Crippen LogP contribution < -0.4 is 15.5 Å². The second-order valence-corrected chi connectivity index (χ2v) is 7.56. The van der Waals surface area contributed by atoms with Crippen LogP contribution in [-0.4, -0.2) is 11.7 Å². The molecule has 0 saturated heterocycles. The molecule has 0 aliphatic carbocycles. The summed E-state index contributed by atoms with van der Waals surface area (Å²) in [5.41, 5.74) is 10.4. The van der Waals surface area contributed by atoms with Crippen LogP contribution in [0.5, 0.6) is 0 Å². The lowest BCUT2D eigenvalue weighted by Crippen LogP contribution is -2.29. The van der Waals surface area contributed by atoms with E-state index in [-0.39, 0.29) is 12.4 Å². The molecule has 0 saturated carbocycles. The summed E-state index contributed by atoms with van der Waals surface area (Å²) in [6.07, 6.45) is 3.42. The molecule has 0 bridgehead atoms. The summed E-state index contributed by atoms with van der Waals surface area (Å²) in [6, 6.07) is 18.9. The quantitative estimate of drug-likeness (QED) is 0.563. The first kappa shape index (κ1) is 21.1. The Hall–Kier alpha value is -4.19.